The van der Waals surface area contributed by atoms with E-state index in [1.807, 2.05) is 11.8 Å². The molecule has 0 spiro atoms. The van der Waals surface area contributed by atoms with Gasteiger partial charge in [0.25, 0.3) is 0 Å². The van der Waals surface area contributed by atoms with Gasteiger partial charge >= 0.3 is 0 Å². The van der Waals surface area contributed by atoms with Crippen LogP contribution in [0.3, 0.4) is 0 Å². The summed E-state index contributed by atoms with van der Waals surface area (Å²) < 4.78 is 5.37. The smallest absolute Gasteiger partial charge is 0.246 e. The van der Waals surface area contributed by atoms with Gasteiger partial charge in [0.2, 0.25) is 5.89 Å². The summed E-state index contributed by atoms with van der Waals surface area (Å²) in [5.41, 5.74) is 1.28. The highest BCUT2D eigenvalue weighted by Gasteiger charge is 2.29. The van der Waals surface area contributed by atoms with Gasteiger partial charge in [0.05, 0.1) is 12.2 Å². The Labute approximate surface area is 116 Å². The molecule has 0 amide bonds. The van der Waals surface area contributed by atoms with Crippen molar-refractivity contribution in [3.63, 3.8) is 0 Å². The number of benzene rings is 1. The fourth-order valence-electron chi connectivity index (χ4n) is 2.39. The van der Waals surface area contributed by atoms with Crippen LogP contribution in [0.1, 0.15) is 30.5 Å². The first kappa shape index (κ1) is 11.3. The van der Waals surface area contributed by atoms with Crippen molar-refractivity contribution in [2.75, 3.05) is 17.2 Å². The van der Waals surface area contributed by atoms with Gasteiger partial charge in [-0.25, -0.2) is 0 Å². The van der Waals surface area contributed by atoms with Gasteiger partial charge in [-0.05, 0) is 25.0 Å². The van der Waals surface area contributed by atoms with Gasteiger partial charge < -0.3 is 9.42 Å². The first-order valence-corrected chi connectivity index (χ1v) is 7.68. The molecule has 2 aromatic rings. The van der Waals surface area contributed by atoms with Gasteiger partial charge in [-0.15, -0.1) is 11.8 Å². The summed E-state index contributed by atoms with van der Waals surface area (Å²) >= 11 is 1.91. The average molecular weight is 273 g/mol. The second-order valence-corrected chi connectivity index (χ2v) is 6.20. The van der Waals surface area contributed by atoms with E-state index in [9.17, 15) is 0 Å². The van der Waals surface area contributed by atoms with E-state index in [0.29, 0.717) is 5.92 Å². The molecule has 2 heterocycles. The molecule has 1 aliphatic heterocycles. The summed E-state index contributed by atoms with van der Waals surface area (Å²) in [6.07, 6.45) is 2.42. The third-order valence-corrected chi connectivity index (χ3v) is 4.62. The molecule has 1 aliphatic carbocycles. The van der Waals surface area contributed by atoms with Crippen LogP contribution in [0, 0.1) is 0 Å². The average Bonchev–Trinajstić information content (AvgIpc) is 3.20. The van der Waals surface area contributed by atoms with Crippen LogP contribution in [0.2, 0.25) is 0 Å². The molecule has 2 aliphatic rings. The molecule has 19 heavy (non-hydrogen) atoms. The molecule has 5 heteroatoms. The molecule has 0 bridgehead atoms. The highest BCUT2D eigenvalue weighted by molar-refractivity contribution is 7.99. The van der Waals surface area contributed by atoms with E-state index in [2.05, 4.69) is 39.3 Å². The van der Waals surface area contributed by atoms with E-state index < -0.39 is 0 Å². The van der Waals surface area contributed by atoms with Crippen LogP contribution in [0.4, 0.5) is 5.69 Å². The Kier molecular flexibility index (Phi) is 2.72. The Hall–Kier alpha value is -1.49. The van der Waals surface area contributed by atoms with Gasteiger partial charge in [-0.1, -0.05) is 17.3 Å². The summed E-state index contributed by atoms with van der Waals surface area (Å²) in [7, 11) is 0. The summed E-state index contributed by atoms with van der Waals surface area (Å²) in [5.74, 6) is 3.31. The first-order chi connectivity index (χ1) is 9.40. The minimum absolute atomic E-state index is 0.557. The number of thioether (sulfide) groups is 1. The van der Waals surface area contributed by atoms with E-state index >= 15 is 0 Å². The predicted molar refractivity (Wildman–Crippen MR) is 74.5 cm³/mol. The fraction of sp³-hybridized carbons (Fsp3) is 0.429. The molecule has 4 rings (SSSR count). The minimum Gasteiger partial charge on any atom is -0.360 e. The highest BCUT2D eigenvalue weighted by atomic mass is 32.2. The van der Waals surface area contributed by atoms with Gasteiger partial charge in [0.15, 0.2) is 5.82 Å². The Balaban J connectivity index is 1.56. The quantitative estimate of drug-likeness (QED) is 0.859. The second-order valence-electron chi connectivity index (χ2n) is 5.06. The molecule has 0 radical (unpaired) electrons. The third kappa shape index (κ3) is 2.23. The lowest BCUT2D eigenvalue weighted by molar-refractivity contribution is 0.371. The van der Waals surface area contributed by atoms with Crippen LogP contribution < -0.4 is 4.90 Å². The molecular weight excluding hydrogens is 258 g/mol. The summed E-state index contributed by atoms with van der Waals surface area (Å²) in [5, 5.41) is 4.08. The molecule has 1 aromatic carbocycles. The van der Waals surface area contributed by atoms with Crippen molar-refractivity contribution >= 4 is 17.4 Å². The van der Waals surface area contributed by atoms with E-state index in [1.54, 1.807) is 0 Å². The maximum Gasteiger partial charge on any atom is 0.246 e. The SMILES string of the molecule is c1ccc2c(c1)SCCN2Cc1nc(C2CC2)no1. The number of hydrogen-bond donors (Lipinski definition) is 0. The molecule has 1 saturated carbocycles. The lowest BCUT2D eigenvalue weighted by atomic mass is 10.2. The predicted octanol–water partition coefficient (Wildman–Crippen LogP) is 3.06. The Morgan fingerprint density at radius 2 is 2.21 bits per heavy atom. The lowest BCUT2D eigenvalue weighted by Crippen LogP contribution is -2.28. The van der Waals surface area contributed by atoms with E-state index in [-0.39, 0.29) is 0 Å². The van der Waals surface area contributed by atoms with Crippen LogP contribution in [-0.2, 0) is 6.54 Å². The number of para-hydroxylation sites is 1. The van der Waals surface area contributed by atoms with Crippen molar-refractivity contribution in [3.05, 3.63) is 36.0 Å². The number of hydrogen-bond acceptors (Lipinski definition) is 5. The minimum atomic E-state index is 0.557. The number of fused-ring (bicyclic) bond motifs is 1. The third-order valence-electron chi connectivity index (χ3n) is 3.58. The van der Waals surface area contributed by atoms with Gasteiger partial charge in [-0.3, -0.25) is 0 Å². The number of anilines is 1. The largest absolute Gasteiger partial charge is 0.360 e. The number of nitrogens with zero attached hydrogens (tertiary/aromatic N) is 3. The molecule has 0 saturated heterocycles. The first-order valence-electron chi connectivity index (χ1n) is 6.69. The van der Waals surface area contributed by atoms with Gasteiger partial charge in [0, 0.05) is 23.1 Å². The van der Waals surface area contributed by atoms with Crippen molar-refractivity contribution in [1.82, 2.24) is 10.1 Å². The maximum atomic E-state index is 5.37. The fourth-order valence-corrected chi connectivity index (χ4v) is 3.45. The van der Waals surface area contributed by atoms with Crippen LogP contribution in [0.5, 0.6) is 0 Å². The second kappa shape index (κ2) is 4.56. The number of aromatic nitrogens is 2. The summed E-state index contributed by atoms with van der Waals surface area (Å²) in [6.45, 7) is 1.75. The summed E-state index contributed by atoms with van der Waals surface area (Å²) in [4.78, 5) is 8.19. The van der Waals surface area contributed by atoms with Crippen molar-refractivity contribution < 1.29 is 4.52 Å². The number of rotatable bonds is 3. The van der Waals surface area contributed by atoms with Crippen molar-refractivity contribution in [2.45, 2.75) is 30.2 Å². The van der Waals surface area contributed by atoms with Gasteiger partial charge in [0.1, 0.15) is 0 Å². The van der Waals surface area contributed by atoms with Gasteiger partial charge in [-0.2, -0.15) is 4.98 Å². The molecule has 4 nitrogen and oxygen atoms in total. The Morgan fingerprint density at radius 1 is 1.32 bits per heavy atom. The normalized spacial score (nSPS) is 18.4. The van der Waals surface area contributed by atoms with E-state index in [4.69, 9.17) is 4.52 Å². The van der Waals surface area contributed by atoms with Crippen LogP contribution in [0.25, 0.3) is 0 Å². The Bertz CT molecular complexity index is 594. The molecule has 0 atom stereocenters. The van der Waals surface area contributed by atoms with E-state index in [0.717, 1.165) is 30.6 Å². The highest BCUT2D eigenvalue weighted by Crippen LogP contribution is 2.38. The zero-order chi connectivity index (χ0) is 12.7. The monoisotopic (exact) mass is 273 g/mol. The zero-order valence-corrected chi connectivity index (χ0v) is 11.4. The molecule has 1 fully saturated rings. The van der Waals surface area contributed by atoms with Crippen molar-refractivity contribution in [1.29, 1.82) is 0 Å². The van der Waals surface area contributed by atoms with Crippen LogP contribution >= 0.6 is 11.8 Å². The lowest BCUT2D eigenvalue weighted by Gasteiger charge is -2.29. The van der Waals surface area contributed by atoms with Crippen LogP contribution in [-0.4, -0.2) is 22.4 Å². The van der Waals surface area contributed by atoms with Crippen molar-refractivity contribution in [2.24, 2.45) is 0 Å². The maximum absolute atomic E-state index is 5.37. The topological polar surface area (TPSA) is 42.2 Å². The van der Waals surface area contributed by atoms with E-state index in [1.165, 1.54) is 23.4 Å². The molecular formula is C14H15N3OS. The summed E-state index contributed by atoms with van der Waals surface area (Å²) in [6, 6.07) is 8.52. The molecule has 98 valence electrons. The molecule has 1 aromatic heterocycles. The Morgan fingerprint density at radius 3 is 3.11 bits per heavy atom. The van der Waals surface area contributed by atoms with Crippen LogP contribution in [0.15, 0.2) is 33.7 Å². The van der Waals surface area contributed by atoms with Crippen molar-refractivity contribution in [3.8, 4) is 0 Å². The molecule has 0 N–H and O–H groups in total. The zero-order valence-electron chi connectivity index (χ0n) is 10.6. The standard InChI is InChI=1S/C14H15N3OS/c1-2-4-12-11(3-1)17(7-8-19-12)9-13-15-14(16-18-13)10-5-6-10/h1-4,10H,5-9H2. The molecule has 0 unspecified atom stereocenters.